The maximum atomic E-state index is 12.4. The van der Waals surface area contributed by atoms with Gasteiger partial charge in [-0.1, -0.05) is 89.5 Å². The largest absolute Gasteiger partial charge is 0.374 e. The maximum absolute atomic E-state index is 12.4. The molecule has 0 aliphatic heterocycles. The van der Waals surface area contributed by atoms with Crippen LogP contribution in [0.2, 0.25) is 0 Å². The van der Waals surface area contributed by atoms with Crippen molar-refractivity contribution in [3.05, 3.63) is 106 Å². The van der Waals surface area contributed by atoms with Gasteiger partial charge in [-0.05, 0) is 31.9 Å². The summed E-state index contributed by atoms with van der Waals surface area (Å²) in [4.78, 5) is 0. The van der Waals surface area contributed by atoms with Crippen LogP contribution in [0, 0.1) is 20.8 Å². The number of hydrogen-bond acceptors (Lipinski definition) is 1. The summed E-state index contributed by atoms with van der Waals surface area (Å²) in [5, 5.41) is 12.4. The molecule has 0 heterocycles. The van der Waals surface area contributed by atoms with Crippen LogP contribution in [0.3, 0.4) is 0 Å². The van der Waals surface area contributed by atoms with Crippen LogP contribution in [0.25, 0.3) is 0 Å². The molecular formula is C26H32NO+. The van der Waals surface area contributed by atoms with E-state index in [2.05, 4.69) is 115 Å². The van der Waals surface area contributed by atoms with Gasteiger partial charge in [-0.15, -0.1) is 0 Å². The number of quaternary nitrogens is 1. The van der Waals surface area contributed by atoms with Gasteiger partial charge in [0.1, 0.15) is 0 Å². The minimum Gasteiger partial charge on any atom is -0.374 e. The molecule has 0 saturated heterocycles. The summed E-state index contributed by atoms with van der Waals surface area (Å²) in [5.41, 5.74) is 5.40. The topological polar surface area (TPSA) is 20.2 Å². The Labute approximate surface area is 169 Å². The molecule has 0 radical (unpaired) electrons. The Balaban J connectivity index is 2.30. The lowest BCUT2D eigenvalue weighted by atomic mass is 9.75. The molecule has 1 N–H and O–H groups in total. The zero-order chi connectivity index (χ0) is 20.5. The fourth-order valence-electron chi connectivity index (χ4n) is 4.10. The fourth-order valence-corrected chi connectivity index (χ4v) is 4.10. The Morgan fingerprint density at radius 3 is 1.25 bits per heavy atom. The van der Waals surface area contributed by atoms with Crippen LogP contribution in [-0.2, 0) is 5.60 Å². The number of nitrogens with zero attached hydrogens (tertiary/aromatic N) is 1. The summed E-state index contributed by atoms with van der Waals surface area (Å²) in [6, 6.07) is 25.0. The SMILES string of the molecule is Cc1ccc(C(C(O)(c2ccc(C)cc2)c2ccc(C)cc2)[N+](C)(C)C)cc1. The highest BCUT2D eigenvalue weighted by Crippen LogP contribution is 2.46. The van der Waals surface area contributed by atoms with E-state index in [1.165, 1.54) is 16.7 Å². The molecule has 2 nitrogen and oxygen atoms in total. The van der Waals surface area contributed by atoms with Crippen molar-refractivity contribution >= 4 is 0 Å². The van der Waals surface area contributed by atoms with E-state index in [1.807, 2.05) is 0 Å². The maximum Gasteiger partial charge on any atom is 0.171 e. The first-order valence-electron chi connectivity index (χ1n) is 9.86. The quantitative estimate of drug-likeness (QED) is 0.601. The second kappa shape index (κ2) is 7.54. The molecule has 3 aromatic rings. The zero-order valence-electron chi connectivity index (χ0n) is 17.9. The molecule has 1 unspecified atom stereocenters. The van der Waals surface area contributed by atoms with Crippen LogP contribution >= 0.6 is 0 Å². The number of aliphatic hydroxyl groups is 1. The van der Waals surface area contributed by atoms with Crippen molar-refractivity contribution in [2.45, 2.75) is 32.4 Å². The van der Waals surface area contributed by atoms with E-state index < -0.39 is 5.60 Å². The molecule has 0 saturated carbocycles. The summed E-state index contributed by atoms with van der Waals surface area (Å²) in [6.45, 7) is 6.24. The Morgan fingerprint density at radius 1 is 0.607 bits per heavy atom. The normalized spacial score (nSPS) is 13.4. The van der Waals surface area contributed by atoms with E-state index in [0.29, 0.717) is 4.48 Å². The molecule has 0 amide bonds. The first-order chi connectivity index (χ1) is 13.1. The minimum absolute atomic E-state index is 0.168. The number of likely N-dealkylation sites (N-methyl/N-ethyl adjacent to an activating group) is 1. The van der Waals surface area contributed by atoms with Crippen LogP contribution in [-0.4, -0.2) is 30.7 Å². The van der Waals surface area contributed by atoms with Crippen molar-refractivity contribution in [2.24, 2.45) is 0 Å². The molecule has 0 fully saturated rings. The van der Waals surface area contributed by atoms with Crippen LogP contribution < -0.4 is 0 Å². The molecule has 28 heavy (non-hydrogen) atoms. The van der Waals surface area contributed by atoms with E-state index in [1.54, 1.807) is 0 Å². The number of aryl methyl sites for hydroxylation is 3. The average Bonchev–Trinajstić information content (AvgIpc) is 2.63. The predicted octanol–water partition coefficient (Wildman–Crippen LogP) is 5.30. The summed E-state index contributed by atoms with van der Waals surface area (Å²) >= 11 is 0. The zero-order valence-corrected chi connectivity index (χ0v) is 17.9. The summed E-state index contributed by atoms with van der Waals surface area (Å²) < 4.78 is 0.599. The van der Waals surface area contributed by atoms with Crippen molar-refractivity contribution in [3.8, 4) is 0 Å². The molecule has 2 heteroatoms. The van der Waals surface area contributed by atoms with Gasteiger partial charge in [0.25, 0.3) is 0 Å². The Morgan fingerprint density at radius 2 is 0.929 bits per heavy atom. The second-order valence-electron chi connectivity index (χ2n) is 8.93. The molecule has 0 aliphatic carbocycles. The molecule has 0 spiro atoms. The highest BCUT2D eigenvalue weighted by molar-refractivity contribution is 5.42. The molecule has 0 aromatic heterocycles. The molecule has 3 aromatic carbocycles. The minimum atomic E-state index is -1.16. The first-order valence-corrected chi connectivity index (χ1v) is 9.86. The lowest BCUT2D eigenvalue weighted by Crippen LogP contribution is -2.51. The monoisotopic (exact) mass is 374 g/mol. The van der Waals surface area contributed by atoms with Gasteiger partial charge in [0.2, 0.25) is 0 Å². The van der Waals surface area contributed by atoms with Gasteiger partial charge in [0.05, 0.1) is 21.1 Å². The second-order valence-corrected chi connectivity index (χ2v) is 8.93. The molecule has 1 atom stereocenters. The van der Waals surface area contributed by atoms with Crippen LogP contribution in [0.4, 0.5) is 0 Å². The molecule has 146 valence electrons. The highest BCUT2D eigenvalue weighted by Gasteiger charge is 2.48. The Kier molecular flexibility index (Phi) is 5.47. The van der Waals surface area contributed by atoms with E-state index in [-0.39, 0.29) is 6.04 Å². The number of rotatable bonds is 5. The van der Waals surface area contributed by atoms with Gasteiger partial charge in [-0.2, -0.15) is 0 Å². The van der Waals surface area contributed by atoms with Crippen LogP contribution in [0.15, 0.2) is 72.8 Å². The van der Waals surface area contributed by atoms with E-state index in [9.17, 15) is 5.11 Å². The van der Waals surface area contributed by atoms with Crippen molar-refractivity contribution < 1.29 is 9.59 Å². The van der Waals surface area contributed by atoms with Crippen molar-refractivity contribution in [2.75, 3.05) is 21.1 Å². The number of hydrogen-bond donors (Lipinski definition) is 1. The smallest absolute Gasteiger partial charge is 0.171 e. The first kappa shape index (κ1) is 20.3. The van der Waals surface area contributed by atoms with Gasteiger partial charge in [0.15, 0.2) is 11.6 Å². The van der Waals surface area contributed by atoms with Crippen molar-refractivity contribution in [3.63, 3.8) is 0 Å². The van der Waals surface area contributed by atoms with Crippen molar-refractivity contribution in [1.29, 1.82) is 0 Å². The van der Waals surface area contributed by atoms with Gasteiger partial charge < -0.3 is 9.59 Å². The molecule has 0 bridgehead atoms. The fraction of sp³-hybridized carbons (Fsp3) is 0.308. The van der Waals surface area contributed by atoms with Gasteiger partial charge in [-0.3, -0.25) is 0 Å². The molecule has 3 rings (SSSR count). The van der Waals surface area contributed by atoms with Crippen LogP contribution in [0.5, 0.6) is 0 Å². The average molecular weight is 375 g/mol. The Bertz CT molecular complexity index is 871. The third kappa shape index (κ3) is 3.89. The van der Waals surface area contributed by atoms with Gasteiger partial charge >= 0.3 is 0 Å². The summed E-state index contributed by atoms with van der Waals surface area (Å²) in [5.74, 6) is 0. The van der Waals surface area contributed by atoms with Gasteiger partial charge in [0, 0.05) is 5.56 Å². The Hall–Kier alpha value is -2.42. The van der Waals surface area contributed by atoms with E-state index in [4.69, 9.17) is 0 Å². The highest BCUT2D eigenvalue weighted by atomic mass is 16.3. The lowest BCUT2D eigenvalue weighted by molar-refractivity contribution is -0.910. The van der Waals surface area contributed by atoms with E-state index >= 15 is 0 Å². The molecule has 0 aliphatic rings. The van der Waals surface area contributed by atoms with Gasteiger partial charge in [-0.25, -0.2) is 0 Å². The van der Waals surface area contributed by atoms with Crippen molar-refractivity contribution in [1.82, 2.24) is 0 Å². The number of benzene rings is 3. The molecular weight excluding hydrogens is 342 g/mol. The third-order valence-electron chi connectivity index (χ3n) is 5.55. The summed E-state index contributed by atoms with van der Waals surface area (Å²) in [6.07, 6.45) is 0. The van der Waals surface area contributed by atoms with Crippen LogP contribution in [0.1, 0.15) is 39.4 Å². The van der Waals surface area contributed by atoms with E-state index in [0.717, 1.165) is 16.7 Å². The predicted molar refractivity (Wildman–Crippen MR) is 117 cm³/mol. The third-order valence-corrected chi connectivity index (χ3v) is 5.55. The standard InChI is InChI=1S/C26H32NO/c1-19-7-13-22(14-8-19)25(27(4,5)6)26(28,23-15-9-20(2)10-16-23)24-17-11-21(3)12-18-24/h7-18,25,28H,1-6H3/q+1. The summed E-state index contributed by atoms with van der Waals surface area (Å²) in [7, 11) is 6.45. The lowest BCUT2D eigenvalue weighted by Gasteiger charge is -2.45.